The Morgan fingerprint density at radius 2 is 2.21 bits per heavy atom. The summed E-state index contributed by atoms with van der Waals surface area (Å²) in [6.45, 7) is 0. The number of carbonyl (C=O) groups excluding carboxylic acids is 1. The fourth-order valence-electron chi connectivity index (χ4n) is 1.39. The molecule has 0 aliphatic carbocycles. The molecule has 0 aliphatic rings. The zero-order chi connectivity index (χ0) is 14.6. The summed E-state index contributed by atoms with van der Waals surface area (Å²) in [5.41, 5.74) is 4.90. The molecule has 0 bridgehead atoms. The minimum atomic E-state index is -4.02. The molecule has 0 radical (unpaired) electrons. The monoisotopic (exact) mass is 290 g/mol. The second kappa shape index (κ2) is 5.80. The van der Waals surface area contributed by atoms with E-state index in [1.54, 1.807) is 0 Å². The number of aliphatic carboxylic acids is 1. The number of hydrogen-bond donors (Lipinski definition) is 3. The number of nitrogens with two attached hydrogens (primary N) is 1. The number of rotatable bonds is 7. The molecule has 106 valence electrons. The molecule has 1 atom stereocenters. The van der Waals surface area contributed by atoms with Crippen LogP contribution in [0.25, 0.3) is 0 Å². The molecule has 0 unspecified atom stereocenters. The number of nitrogens with zero attached hydrogens (tertiary/aromatic N) is 2. The molecule has 19 heavy (non-hydrogen) atoms. The Labute approximate surface area is 109 Å². The van der Waals surface area contributed by atoms with Crippen molar-refractivity contribution in [2.75, 3.05) is 0 Å². The van der Waals surface area contributed by atoms with E-state index in [-0.39, 0.29) is 17.9 Å². The molecule has 9 nitrogen and oxygen atoms in total. The van der Waals surface area contributed by atoms with Gasteiger partial charge in [-0.25, -0.2) is 8.42 Å². The number of carbonyl (C=O) groups is 2. The summed E-state index contributed by atoms with van der Waals surface area (Å²) in [7, 11) is -2.61. The van der Waals surface area contributed by atoms with Crippen LogP contribution in [0.15, 0.2) is 17.3 Å². The number of sulfonamides is 1. The van der Waals surface area contributed by atoms with Gasteiger partial charge in [-0.05, 0) is 12.5 Å². The second-order valence-corrected chi connectivity index (χ2v) is 5.47. The Bertz CT molecular complexity index is 579. The third kappa shape index (κ3) is 4.03. The van der Waals surface area contributed by atoms with E-state index in [1.807, 2.05) is 4.72 Å². The molecule has 0 saturated carbocycles. The normalized spacial score (nSPS) is 13.1. The highest BCUT2D eigenvalue weighted by Crippen LogP contribution is 2.09. The van der Waals surface area contributed by atoms with Gasteiger partial charge in [0.2, 0.25) is 5.91 Å². The molecule has 0 saturated heterocycles. The van der Waals surface area contributed by atoms with Gasteiger partial charge in [-0.3, -0.25) is 14.3 Å². The Morgan fingerprint density at radius 3 is 2.63 bits per heavy atom. The van der Waals surface area contributed by atoms with Crippen molar-refractivity contribution < 1.29 is 23.1 Å². The molecule has 1 heterocycles. The number of aromatic nitrogens is 2. The van der Waals surface area contributed by atoms with Crippen LogP contribution in [0.5, 0.6) is 0 Å². The number of nitrogens with one attached hydrogen (secondary N) is 1. The van der Waals surface area contributed by atoms with Gasteiger partial charge < -0.3 is 10.8 Å². The number of aryl methyl sites for hydroxylation is 1. The summed E-state index contributed by atoms with van der Waals surface area (Å²) in [6.07, 6.45) is 0.820. The van der Waals surface area contributed by atoms with Gasteiger partial charge in [0, 0.05) is 13.5 Å². The molecule has 0 aliphatic heterocycles. The molecule has 1 aromatic rings. The van der Waals surface area contributed by atoms with E-state index in [0.29, 0.717) is 0 Å². The lowest BCUT2D eigenvalue weighted by atomic mass is 10.2. The summed E-state index contributed by atoms with van der Waals surface area (Å²) < 4.78 is 26.9. The maximum atomic E-state index is 11.9. The van der Waals surface area contributed by atoms with Crippen molar-refractivity contribution in [3.63, 3.8) is 0 Å². The lowest BCUT2D eigenvalue weighted by Gasteiger charge is -2.13. The topological polar surface area (TPSA) is 144 Å². The van der Waals surface area contributed by atoms with Crippen LogP contribution in [-0.4, -0.2) is 41.2 Å². The summed E-state index contributed by atoms with van der Waals surface area (Å²) in [5.74, 6) is -2.09. The molecular weight excluding hydrogens is 276 g/mol. The molecule has 1 rings (SSSR count). The van der Waals surface area contributed by atoms with Gasteiger partial charge in [0.25, 0.3) is 10.0 Å². The molecular formula is C9H14N4O5S. The predicted octanol–water partition coefficient (Wildman–Crippen LogP) is -1.58. The van der Waals surface area contributed by atoms with Crippen LogP contribution in [0.4, 0.5) is 0 Å². The Hall–Kier alpha value is -1.94. The molecule has 0 fully saturated rings. The third-order valence-corrected chi connectivity index (χ3v) is 3.87. The zero-order valence-electron chi connectivity index (χ0n) is 10.1. The van der Waals surface area contributed by atoms with Crippen LogP contribution in [0.3, 0.4) is 0 Å². The summed E-state index contributed by atoms with van der Waals surface area (Å²) in [5, 5.41) is 12.4. The van der Waals surface area contributed by atoms with E-state index in [1.165, 1.54) is 19.3 Å². The van der Waals surface area contributed by atoms with Gasteiger partial charge in [-0.15, -0.1) is 0 Å². The fourth-order valence-corrected chi connectivity index (χ4v) is 2.74. The van der Waals surface area contributed by atoms with Crippen LogP contribution in [0, 0.1) is 0 Å². The Morgan fingerprint density at radius 1 is 1.58 bits per heavy atom. The average molecular weight is 290 g/mol. The molecule has 0 spiro atoms. The van der Waals surface area contributed by atoms with Gasteiger partial charge in [-0.2, -0.15) is 9.82 Å². The van der Waals surface area contributed by atoms with E-state index in [0.717, 1.165) is 4.68 Å². The Balaban J connectivity index is 2.87. The quantitative estimate of drug-likeness (QED) is 0.552. The molecule has 10 heteroatoms. The van der Waals surface area contributed by atoms with Crippen molar-refractivity contribution in [3.05, 3.63) is 12.3 Å². The molecule has 0 aromatic carbocycles. The maximum absolute atomic E-state index is 11.9. The van der Waals surface area contributed by atoms with Crippen LogP contribution >= 0.6 is 0 Å². The Kier molecular flexibility index (Phi) is 4.62. The van der Waals surface area contributed by atoms with E-state index < -0.39 is 27.9 Å². The van der Waals surface area contributed by atoms with Gasteiger partial charge in [0.05, 0.1) is 6.20 Å². The zero-order valence-corrected chi connectivity index (χ0v) is 10.9. The van der Waals surface area contributed by atoms with Crippen LogP contribution in [0.1, 0.15) is 12.8 Å². The van der Waals surface area contributed by atoms with E-state index >= 15 is 0 Å². The first-order chi connectivity index (χ1) is 8.74. The SMILES string of the molecule is Cn1nccc1S(=O)(=O)N[C@H](CCC(N)=O)C(=O)O. The van der Waals surface area contributed by atoms with E-state index in [9.17, 15) is 18.0 Å². The van der Waals surface area contributed by atoms with Gasteiger partial charge >= 0.3 is 5.97 Å². The third-order valence-electron chi connectivity index (χ3n) is 2.33. The van der Waals surface area contributed by atoms with Crippen LogP contribution < -0.4 is 10.5 Å². The first-order valence-corrected chi connectivity index (χ1v) is 6.74. The fraction of sp³-hybridized carbons (Fsp3) is 0.444. The second-order valence-electron chi connectivity index (χ2n) is 3.81. The van der Waals surface area contributed by atoms with Crippen molar-refractivity contribution >= 4 is 21.9 Å². The smallest absolute Gasteiger partial charge is 0.321 e. The van der Waals surface area contributed by atoms with Gasteiger partial charge in [0.1, 0.15) is 6.04 Å². The summed E-state index contributed by atoms with van der Waals surface area (Å²) in [4.78, 5) is 21.6. The first-order valence-electron chi connectivity index (χ1n) is 5.25. The standard InChI is InChI=1S/C9H14N4O5S/c1-13-8(4-5-11-13)19(17,18)12-6(9(15)16)2-3-7(10)14/h4-6,12H,2-3H2,1H3,(H2,10,14)(H,15,16)/t6-/m1/s1. The molecule has 4 N–H and O–H groups in total. The number of amides is 1. The highest BCUT2D eigenvalue weighted by Gasteiger charge is 2.27. The van der Waals surface area contributed by atoms with Crippen molar-refractivity contribution in [1.82, 2.24) is 14.5 Å². The van der Waals surface area contributed by atoms with Crippen LogP contribution in [-0.2, 0) is 26.7 Å². The number of hydrogen-bond acceptors (Lipinski definition) is 5. The van der Waals surface area contributed by atoms with Crippen LogP contribution in [0.2, 0.25) is 0 Å². The molecule has 1 amide bonds. The lowest BCUT2D eigenvalue weighted by Crippen LogP contribution is -2.41. The van der Waals surface area contributed by atoms with Crippen molar-refractivity contribution in [1.29, 1.82) is 0 Å². The van der Waals surface area contributed by atoms with Crippen molar-refractivity contribution in [3.8, 4) is 0 Å². The highest BCUT2D eigenvalue weighted by atomic mass is 32.2. The number of carboxylic acid groups (broad SMARTS) is 1. The number of carboxylic acids is 1. The largest absolute Gasteiger partial charge is 0.480 e. The highest BCUT2D eigenvalue weighted by molar-refractivity contribution is 7.89. The van der Waals surface area contributed by atoms with Crippen molar-refractivity contribution in [2.24, 2.45) is 12.8 Å². The van der Waals surface area contributed by atoms with E-state index in [2.05, 4.69) is 5.10 Å². The minimum Gasteiger partial charge on any atom is -0.480 e. The predicted molar refractivity (Wildman–Crippen MR) is 63.4 cm³/mol. The first kappa shape index (κ1) is 15.1. The summed E-state index contributed by atoms with van der Waals surface area (Å²) in [6, 6.07) is -0.192. The average Bonchev–Trinajstić information content (AvgIpc) is 2.70. The summed E-state index contributed by atoms with van der Waals surface area (Å²) >= 11 is 0. The van der Waals surface area contributed by atoms with Crippen molar-refractivity contribution in [2.45, 2.75) is 23.9 Å². The maximum Gasteiger partial charge on any atom is 0.321 e. The van der Waals surface area contributed by atoms with Gasteiger partial charge in [-0.1, -0.05) is 0 Å². The lowest BCUT2D eigenvalue weighted by molar-refractivity contribution is -0.139. The number of primary amides is 1. The molecule has 1 aromatic heterocycles. The van der Waals surface area contributed by atoms with Gasteiger partial charge in [0.15, 0.2) is 5.03 Å². The van der Waals surface area contributed by atoms with E-state index in [4.69, 9.17) is 10.8 Å². The minimum absolute atomic E-state index is 0.169.